The van der Waals surface area contributed by atoms with Crippen molar-refractivity contribution in [2.75, 3.05) is 6.61 Å². The van der Waals surface area contributed by atoms with Gasteiger partial charge in [0.05, 0.1) is 6.61 Å². The molecule has 3 nitrogen and oxygen atoms in total. The van der Waals surface area contributed by atoms with Crippen molar-refractivity contribution in [1.82, 2.24) is 4.98 Å². The lowest BCUT2D eigenvalue weighted by atomic mass is 9.95. The van der Waals surface area contributed by atoms with Crippen molar-refractivity contribution in [3.63, 3.8) is 0 Å². The van der Waals surface area contributed by atoms with Crippen LogP contribution in [0.2, 0.25) is 0 Å². The lowest BCUT2D eigenvalue weighted by molar-refractivity contribution is -0.143. The second-order valence-corrected chi connectivity index (χ2v) is 4.77. The smallest absolute Gasteiger partial charge is 0.305 e. The van der Waals surface area contributed by atoms with Gasteiger partial charge in [0.15, 0.2) is 0 Å². The Labute approximate surface area is 109 Å². The first-order chi connectivity index (χ1) is 8.79. The quantitative estimate of drug-likeness (QED) is 0.751. The first-order valence-corrected chi connectivity index (χ1v) is 6.93. The molecule has 0 amide bonds. The fourth-order valence-corrected chi connectivity index (χ4v) is 2.41. The van der Waals surface area contributed by atoms with E-state index in [1.165, 1.54) is 30.5 Å². The van der Waals surface area contributed by atoms with E-state index in [0.717, 1.165) is 25.0 Å². The summed E-state index contributed by atoms with van der Waals surface area (Å²) in [6.07, 6.45) is 7.01. The maximum absolute atomic E-state index is 11.2. The number of rotatable bonds is 5. The number of aryl methyl sites for hydroxylation is 3. The average molecular weight is 247 g/mol. The van der Waals surface area contributed by atoms with Crippen molar-refractivity contribution in [2.45, 2.75) is 51.9 Å². The van der Waals surface area contributed by atoms with Gasteiger partial charge in [-0.1, -0.05) is 6.07 Å². The summed E-state index contributed by atoms with van der Waals surface area (Å²) >= 11 is 0. The van der Waals surface area contributed by atoms with E-state index in [4.69, 9.17) is 9.72 Å². The molecule has 0 radical (unpaired) electrons. The molecule has 3 heteroatoms. The molecule has 0 fully saturated rings. The van der Waals surface area contributed by atoms with Gasteiger partial charge in [0, 0.05) is 17.8 Å². The summed E-state index contributed by atoms with van der Waals surface area (Å²) in [5, 5.41) is 0. The fourth-order valence-electron chi connectivity index (χ4n) is 2.41. The van der Waals surface area contributed by atoms with Gasteiger partial charge in [-0.15, -0.1) is 0 Å². The topological polar surface area (TPSA) is 39.2 Å². The van der Waals surface area contributed by atoms with Crippen LogP contribution in [-0.2, 0) is 28.8 Å². The highest BCUT2D eigenvalue weighted by molar-refractivity contribution is 5.69. The van der Waals surface area contributed by atoms with Gasteiger partial charge < -0.3 is 4.74 Å². The molecule has 0 bridgehead atoms. The normalized spacial score (nSPS) is 14.1. The molecule has 0 unspecified atom stereocenters. The van der Waals surface area contributed by atoms with Gasteiger partial charge in [-0.2, -0.15) is 0 Å². The third-order valence-electron chi connectivity index (χ3n) is 3.35. The first-order valence-electron chi connectivity index (χ1n) is 6.93. The van der Waals surface area contributed by atoms with Crippen molar-refractivity contribution in [3.8, 4) is 0 Å². The zero-order valence-electron chi connectivity index (χ0n) is 11.1. The number of carbonyl (C=O) groups is 1. The minimum atomic E-state index is -0.101. The van der Waals surface area contributed by atoms with E-state index < -0.39 is 0 Å². The molecule has 0 saturated carbocycles. The van der Waals surface area contributed by atoms with Gasteiger partial charge in [0.1, 0.15) is 0 Å². The first kappa shape index (κ1) is 13.1. The van der Waals surface area contributed by atoms with E-state index in [9.17, 15) is 4.79 Å². The molecule has 1 aliphatic rings. The van der Waals surface area contributed by atoms with Crippen LogP contribution < -0.4 is 0 Å². The number of aromatic nitrogens is 1. The molecule has 1 aromatic heterocycles. The van der Waals surface area contributed by atoms with Gasteiger partial charge >= 0.3 is 5.97 Å². The Balaban J connectivity index is 1.84. The number of nitrogens with zero attached hydrogens (tertiary/aromatic N) is 1. The number of pyridine rings is 1. The van der Waals surface area contributed by atoms with Gasteiger partial charge in [0.25, 0.3) is 0 Å². The van der Waals surface area contributed by atoms with E-state index >= 15 is 0 Å². The molecule has 0 aliphatic heterocycles. The molecule has 0 aromatic carbocycles. The highest BCUT2D eigenvalue weighted by Crippen LogP contribution is 2.20. The van der Waals surface area contributed by atoms with Gasteiger partial charge in [-0.25, -0.2) is 0 Å². The maximum Gasteiger partial charge on any atom is 0.305 e. The summed E-state index contributed by atoms with van der Waals surface area (Å²) in [5.74, 6) is -0.101. The monoisotopic (exact) mass is 247 g/mol. The van der Waals surface area contributed by atoms with Crippen molar-refractivity contribution < 1.29 is 9.53 Å². The minimum absolute atomic E-state index is 0.101. The van der Waals surface area contributed by atoms with E-state index in [-0.39, 0.29) is 5.97 Å². The van der Waals surface area contributed by atoms with Gasteiger partial charge in [-0.05, 0) is 57.1 Å². The van der Waals surface area contributed by atoms with Crippen molar-refractivity contribution in [1.29, 1.82) is 0 Å². The van der Waals surface area contributed by atoms with E-state index in [1.807, 2.05) is 6.92 Å². The standard InChI is InChI=1S/C15H21NO2/c1-2-18-15(17)9-5-7-13-11-10-12-6-3-4-8-14(12)16-13/h10-11H,2-9H2,1H3. The Hall–Kier alpha value is -1.38. The Morgan fingerprint density at radius 2 is 2.17 bits per heavy atom. The highest BCUT2D eigenvalue weighted by atomic mass is 16.5. The molecule has 1 aliphatic carbocycles. The fraction of sp³-hybridized carbons (Fsp3) is 0.600. The van der Waals surface area contributed by atoms with E-state index in [2.05, 4.69) is 12.1 Å². The molecule has 0 N–H and O–H groups in total. The van der Waals surface area contributed by atoms with Crippen molar-refractivity contribution >= 4 is 5.97 Å². The van der Waals surface area contributed by atoms with Crippen molar-refractivity contribution in [2.24, 2.45) is 0 Å². The predicted molar refractivity (Wildman–Crippen MR) is 70.5 cm³/mol. The Kier molecular flexibility index (Phi) is 4.73. The summed E-state index contributed by atoms with van der Waals surface area (Å²) in [6, 6.07) is 4.32. The molecule has 1 aromatic rings. The largest absolute Gasteiger partial charge is 0.466 e. The molecule has 0 saturated heterocycles. The lowest BCUT2D eigenvalue weighted by Crippen LogP contribution is -2.08. The van der Waals surface area contributed by atoms with Crippen LogP contribution in [0.25, 0.3) is 0 Å². The number of fused-ring (bicyclic) bond motifs is 1. The van der Waals surface area contributed by atoms with Crippen LogP contribution in [0.4, 0.5) is 0 Å². The summed E-state index contributed by atoms with van der Waals surface area (Å²) in [4.78, 5) is 15.9. The maximum atomic E-state index is 11.2. The van der Waals surface area contributed by atoms with Crippen molar-refractivity contribution in [3.05, 3.63) is 29.1 Å². The van der Waals surface area contributed by atoms with Crippen LogP contribution in [0.3, 0.4) is 0 Å². The van der Waals surface area contributed by atoms with Crippen LogP contribution in [0.5, 0.6) is 0 Å². The second kappa shape index (κ2) is 6.53. The number of esters is 1. The summed E-state index contributed by atoms with van der Waals surface area (Å²) < 4.78 is 4.91. The van der Waals surface area contributed by atoms with Crippen LogP contribution in [-0.4, -0.2) is 17.6 Å². The number of carbonyl (C=O) groups excluding carboxylic acids is 1. The zero-order chi connectivity index (χ0) is 12.8. The SMILES string of the molecule is CCOC(=O)CCCc1ccc2c(n1)CCCC2. The molecular formula is C15H21NO2. The van der Waals surface area contributed by atoms with Gasteiger partial charge in [0.2, 0.25) is 0 Å². The lowest BCUT2D eigenvalue weighted by Gasteiger charge is -2.15. The molecule has 18 heavy (non-hydrogen) atoms. The Bertz CT molecular complexity index is 415. The summed E-state index contributed by atoms with van der Waals surface area (Å²) in [6.45, 7) is 2.30. The average Bonchev–Trinajstić information content (AvgIpc) is 2.39. The van der Waals surface area contributed by atoms with Crippen LogP contribution in [0.1, 0.15) is 49.6 Å². The molecule has 98 valence electrons. The third-order valence-corrected chi connectivity index (χ3v) is 3.35. The molecule has 0 spiro atoms. The second-order valence-electron chi connectivity index (χ2n) is 4.77. The van der Waals surface area contributed by atoms with E-state index in [0.29, 0.717) is 13.0 Å². The van der Waals surface area contributed by atoms with Crippen LogP contribution >= 0.6 is 0 Å². The summed E-state index contributed by atoms with van der Waals surface area (Å²) in [7, 11) is 0. The number of hydrogen-bond donors (Lipinski definition) is 0. The zero-order valence-corrected chi connectivity index (χ0v) is 11.1. The molecule has 0 atom stereocenters. The van der Waals surface area contributed by atoms with Gasteiger partial charge in [-0.3, -0.25) is 9.78 Å². The molecular weight excluding hydrogens is 226 g/mol. The Morgan fingerprint density at radius 1 is 1.33 bits per heavy atom. The van der Waals surface area contributed by atoms with Crippen LogP contribution in [0, 0.1) is 0 Å². The summed E-state index contributed by atoms with van der Waals surface area (Å²) in [5.41, 5.74) is 3.80. The van der Waals surface area contributed by atoms with Crippen LogP contribution in [0.15, 0.2) is 12.1 Å². The highest BCUT2D eigenvalue weighted by Gasteiger charge is 2.11. The van der Waals surface area contributed by atoms with E-state index in [1.54, 1.807) is 0 Å². The Morgan fingerprint density at radius 3 is 3.00 bits per heavy atom. The molecule has 2 rings (SSSR count). The number of ether oxygens (including phenoxy) is 1. The molecule has 1 heterocycles. The number of hydrogen-bond acceptors (Lipinski definition) is 3. The predicted octanol–water partition coefficient (Wildman–Crippen LogP) is 2.85. The third kappa shape index (κ3) is 3.56. The minimum Gasteiger partial charge on any atom is -0.466 e.